The van der Waals surface area contributed by atoms with Gasteiger partial charge in [-0.3, -0.25) is 4.79 Å². The number of ether oxygens (including phenoxy) is 1. The normalized spacial score (nSPS) is 12.2. The van der Waals surface area contributed by atoms with Gasteiger partial charge in [-0.15, -0.1) is 0 Å². The average Bonchev–Trinajstić information content (AvgIpc) is 2.28. The maximum absolute atomic E-state index is 11.1. The van der Waals surface area contributed by atoms with Crippen LogP contribution in [-0.4, -0.2) is 19.1 Å². The number of nitrogens with one attached hydrogen (secondary N) is 1. The van der Waals surface area contributed by atoms with E-state index in [1.54, 1.807) is 25.1 Å². The molecule has 16 heavy (non-hydrogen) atoms. The highest BCUT2D eigenvalue weighted by Gasteiger charge is 2.12. The van der Waals surface area contributed by atoms with E-state index >= 15 is 0 Å². The largest absolute Gasteiger partial charge is 0.468 e. The summed E-state index contributed by atoms with van der Waals surface area (Å²) < 4.78 is 4.59. The van der Waals surface area contributed by atoms with Gasteiger partial charge in [-0.05, 0) is 30.7 Å². The SMILES string of the molecule is COC(=O)[C@H](C)NCc1cc(Cl)ccc1Cl. The van der Waals surface area contributed by atoms with Crippen molar-refractivity contribution in [2.45, 2.75) is 19.5 Å². The third kappa shape index (κ3) is 3.67. The summed E-state index contributed by atoms with van der Waals surface area (Å²) >= 11 is 11.8. The Balaban J connectivity index is 2.60. The topological polar surface area (TPSA) is 38.3 Å². The van der Waals surface area contributed by atoms with Gasteiger partial charge >= 0.3 is 5.97 Å². The maximum Gasteiger partial charge on any atom is 0.322 e. The molecule has 1 aromatic rings. The highest BCUT2D eigenvalue weighted by Crippen LogP contribution is 2.20. The number of benzene rings is 1. The van der Waals surface area contributed by atoms with Gasteiger partial charge in [-0.1, -0.05) is 23.2 Å². The number of halogens is 2. The van der Waals surface area contributed by atoms with E-state index in [4.69, 9.17) is 23.2 Å². The molecule has 0 radical (unpaired) electrons. The number of esters is 1. The van der Waals surface area contributed by atoms with Gasteiger partial charge < -0.3 is 10.1 Å². The molecule has 0 saturated carbocycles. The van der Waals surface area contributed by atoms with Crippen molar-refractivity contribution < 1.29 is 9.53 Å². The van der Waals surface area contributed by atoms with E-state index in [-0.39, 0.29) is 12.0 Å². The Labute approximate surface area is 105 Å². The predicted octanol–water partition coefficient (Wildman–Crippen LogP) is 2.64. The molecular formula is C11H13Cl2NO2. The minimum absolute atomic E-state index is 0.307. The molecule has 0 unspecified atom stereocenters. The zero-order chi connectivity index (χ0) is 12.1. The molecule has 0 aliphatic rings. The van der Waals surface area contributed by atoms with Crippen LogP contribution < -0.4 is 5.32 Å². The molecule has 0 aliphatic carbocycles. The smallest absolute Gasteiger partial charge is 0.322 e. The van der Waals surface area contributed by atoms with Crippen LogP contribution >= 0.6 is 23.2 Å². The summed E-state index contributed by atoms with van der Waals surface area (Å²) in [6.07, 6.45) is 0. The Morgan fingerprint density at radius 1 is 1.50 bits per heavy atom. The zero-order valence-electron chi connectivity index (χ0n) is 9.09. The highest BCUT2D eigenvalue weighted by atomic mass is 35.5. The third-order valence-corrected chi connectivity index (χ3v) is 2.77. The second-order valence-corrected chi connectivity index (χ2v) is 4.21. The Morgan fingerprint density at radius 3 is 2.81 bits per heavy atom. The lowest BCUT2D eigenvalue weighted by molar-refractivity contribution is -0.142. The van der Waals surface area contributed by atoms with Crippen molar-refractivity contribution in [1.82, 2.24) is 5.32 Å². The molecule has 1 N–H and O–H groups in total. The molecule has 1 aromatic carbocycles. The number of rotatable bonds is 4. The molecule has 0 bridgehead atoms. The van der Waals surface area contributed by atoms with Gasteiger partial charge in [0.25, 0.3) is 0 Å². The Hall–Kier alpha value is -0.770. The molecule has 88 valence electrons. The molecule has 5 heteroatoms. The van der Waals surface area contributed by atoms with Crippen molar-refractivity contribution in [2.75, 3.05) is 7.11 Å². The fourth-order valence-electron chi connectivity index (χ4n) is 1.20. The lowest BCUT2D eigenvalue weighted by atomic mass is 10.2. The van der Waals surface area contributed by atoms with E-state index in [1.165, 1.54) is 7.11 Å². The quantitative estimate of drug-likeness (QED) is 0.848. The number of carbonyl (C=O) groups is 1. The molecule has 0 fully saturated rings. The van der Waals surface area contributed by atoms with E-state index < -0.39 is 0 Å². The molecule has 0 amide bonds. The van der Waals surface area contributed by atoms with Gasteiger partial charge in [-0.2, -0.15) is 0 Å². The van der Waals surface area contributed by atoms with Crippen molar-refractivity contribution in [3.63, 3.8) is 0 Å². The fraction of sp³-hybridized carbons (Fsp3) is 0.364. The molecule has 0 aliphatic heterocycles. The monoisotopic (exact) mass is 261 g/mol. The fourth-order valence-corrected chi connectivity index (χ4v) is 1.58. The molecular weight excluding hydrogens is 249 g/mol. The summed E-state index contributed by atoms with van der Waals surface area (Å²) in [7, 11) is 1.35. The standard InChI is InChI=1S/C11H13Cl2NO2/c1-7(11(15)16-2)14-6-8-5-9(12)3-4-10(8)13/h3-5,7,14H,6H2,1-2H3/t7-/m0/s1. The maximum atomic E-state index is 11.1. The van der Waals surface area contributed by atoms with Crippen molar-refractivity contribution in [3.8, 4) is 0 Å². The van der Waals surface area contributed by atoms with Crippen LogP contribution in [0.3, 0.4) is 0 Å². The lowest BCUT2D eigenvalue weighted by Crippen LogP contribution is -2.34. The Morgan fingerprint density at radius 2 is 2.19 bits per heavy atom. The van der Waals surface area contributed by atoms with Crippen LogP contribution in [0.1, 0.15) is 12.5 Å². The van der Waals surface area contributed by atoms with Crippen molar-refractivity contribution in [3.05, 3.63) is 33.8 Å². The van der Waals surface area contributed by atoms with Gasteiger partial charge in [0.15, 0.2) is 0 Å². The van der Waals surface area contributed by atoms with Gasteiger partial charge in [-0.25, -0.2) is 0 Å². The number of methoxy groups -OCH3 is 1. The van der Waals surface area contributed by atoms with Gasteiger partial charge in [0.2, 0.25) is 0 Å². The molecule has 0 aromatic heterocycles. The number of hydrogen-bond donors (Lipinski definition) is 1. The third-order valence-electron chi connectivity index (χ3n) is 2.16. The van der Waals surface area contributed by atoms with Gasteiger partial charge in [0.05, 0.1) is 7.11 Å². The Kier molecular flexibility index (Phi) is 5.06. The average molecular weight is 262 g/mol. The first-order chi connectivity index (χ1) is 7.54. The summed E-state index contributed by atoms with van der Waals surface area (Å²) in [6.45, 7) is 2.19. The van der Waals surface area contributed by atoms with E-state index in [1.807, 2.05) is 0 Å². The summed E-state index contributed by atoms with van der Waals surface area (Å²) in [4.78, 5) is 11.1. The van der Waals surface area contributed by atoms with Gasteiger partial charge in [0, 0.05) is 16.6 Å². The van der Waals surface area contributed by atoms with Crippen LogP contribution in [0.2, 0.25) is 10.0 Å². The molecule has 0 heterocycles. The lowest BCUT2D eigenvalue weighted by Gasteiger charge is -2.12. The van der Waals surface area contributed by atoms with Crippen LogP contribution in [0.4, 0.5) is 0 Å². The summed E-state index contributed by atoms with van der Waals surface area (Å²) in [6, 6.07) is 4.84. The van der Waals surface area contributed by atoms with E-state index in [9.17, 15) is 4.79 Å². The molecule has 0 saturated heterocycles. The van der Waals surface area contributed by atoms with Crippen molar-refractivity contribution in [1.29, 1.82) is 0 Å². The van der Waals surface area contributed by atoms with Crippen LogP contribution in [-0.2, 0) is 16.1 Å². The van der Waals surface area contributed by atoms with Gasteiger partial charge in [0.1, 0.15) is 6.04 Å². The first kappa shape index (κ1) is 13.3. The molecule has 3 nitrogen and oxygen atoms in total. The molecule has 1 rings (SSSR count). The summed E-state index contributed by atoms with van der Waals surface area (Å²) in [5.41, 5.74) is 0.852. The van der Waals surface area contributed by atoms with E-state index in [0.29, 0.717) is 16.6 Å². The second-order valence-electron chi connectivity index (χ2n) is 3.36. The van der Waals surface area contributed by atoms with Crippen LogP contribution in [0.15, 0.2) is 18.2 Å². The van der Waals surface area contributed by atoms with E-state index in [0.717, 1.165) is 5.56 Å². The summed E-state index contributed by atoms with van der Waals surface area (Å²) in [5.74, 6) is -0.307. The van der Waals surface area contributed by atoms with Crippen molar-refractivity contribution >= 4 is 29.2 Å². The zero-order valence-corrected chi connectivity index (χ0v) is 10.6. The second kappa shape index (κ2) is 6.09. The molecule has 0 spiro atoms. The van der Waals surface area contributed by atoms with E-state index in [2.05, 4.69) is 10.1 Å². The minimum Gasteiger partial charge on any atom is -0.468 e. The summed E-state index contributed by atoms with van der Waals surface area (Å²) in [5, 5.41) is 4.24. The highest BCUT2D eigenvalue weighted by molar-refractivity contribution is 6.33. The van der Waals surface area contributed by atoms with Crippen LogP contribution in [0.5, 0.6) is 0 Å². The first-order valence-corrected chi connectivity index (χ1v) is 5.55. The Bertz CT molecular complexity index is 382. The van der Waals surface area contributed by atoms with Crippen LogP contribution in [0.25, 0.3) is 0 Å². The predicted molar refractivity (Wildman–Crippen MR) is 64.8 cm³/mol. The van der Waals surface area contributed by atoms with Crippen LogP contribution in [0, 0.1) is 0 Å². The minimum atomic E-state index is -0.375. The van der Waals surface area contributed by atoms with Crippen molar-refractivity contribution in [2.24, 2.45) is 0 Å². The number of carbonyl (C=O) groups excluding carboxylic acids is 1. The molecule has 1 atom stereocenters. The number of hydrogen-bond acceptors (Lipinski definition) is 3. The first-order valence-electron chi connectivity index (χ1n) is 4.79.